The minimum absolute atomic E-state index is 0.368. The molecular formula is C20H23F3N2O2. The van der Waals surface area contributed by atoms with Gasteiger partial charge in [0.1, 0.15) is 11.9 Å². The van der Waals surface area contributed by atoms with Crippen LogP contribution in [0.3, 0.4) is 0 Å². The first kappa shape index (κ1) is 19.7. The zero-order valence-electron chi connectivity index (χ0n) is 15.0. The van der Waals surface area contributed by atoms with Crippen LogP contribution >= 0.6 is 0 Å². The van der Waals surface area contributed by atoms with Gasteiger partial charge in [0.2, 0.25) is 0 Å². The lowest BCUT2D eigenvalue weighted by Gasteiger charge is -2.42. The van der Waals surface area contributed by atoms with E-state index in [4.69, 9.17) is 10.6 Å². The number of rotatable bonds is 5. The van der Waals surface area contributed by atoms with E-state index < -0.39 is 24.4 Å². The molecule has 0 aromatic heterocycles. The number of alkyl halides is 3. The summed E-state index contributed by atoms with van der Waals surface area (Å²) in [7, 11) is 1.44. The number of nitrogens with zero attached hydrogens (tertiary/aromatic N) is 1. The number of ether oxygens (including phenoxy) is 2. The van der Waals surface area contributed by atoms with Crippen molar-refractivity contribution in [1.29, 1.82) is 0 Å². The Morgan fingerprint density at radius 2 is 1.74 bits per heavy atom. The van der Waals surface area contributed by atoms with Crippen LogP contribution in [0.25, 0.3) is 0 Å². The lowest BCUT2D eigenvalue weighted by Crippen LogP contribution is -2.46. The van der Waals surface area contributed by atoms with Crippen molar-refractivity contribution < 1.29 is 22.6 Å². The SMILES string of the molecule is COc1ccccc1C(OC(F)(F)F)[C@H]1CCCN(N)[C@@H]1c1ccccc1. The number of piperidine rings is 1. The molecule has 7 heteroatoms. The maximum Gasteiger partial charge on any atom is 0.523 e. The van der Waals surface area contributed by atoms with Crippen LogP contribution < -0.4 is 10.6 Å². The normalized spacial score (nSPS) is 22.4. The van der Waals surface area contributed by atoms with Crippen LogP contribution in [-0.4, -0.2) is 25.0 Å². The van der Waals surface area contributed by atoms with Gasteiger partial charge in [0, 0.05) is 18.0 Å². The molecular weight excluding hydrogens is 357 g/mol. The van der Waals surface area contributed by atoms with E-state index in [-0.39, 0.29) is 0 Å². The van der Waals surface area contributed by atoms with Crippen molar-refractivity contribution in [1.82, 2.24) is 5.01 Å². The molecule has 0 bridgehead atoms. The number of hydrogen-bond donors (Lipinski definition) is 1. The second kappa shape index (κ2) is 8.29. The first-order valence-electron chi connectivity index (χ1n) is 8.84. The number of hydrazine groups is 1. The predicted molar refractivity (Wildman–Crippen MR) is 95.7 cm³/mol. The Morgan fingerprint density at radius 3 is 2.41 bits per heavy atom. The highest BCUT2D eigenvalue weighted by molar-refractivity contribution is 5.36. The maximum absolute atomic E-state index is 13.3. The largest absolute Gasteiger partial charge is 0.523 e. The molecule has 4 nitrogen and oxygen atoms in total. The average molecular weight is 380 g/mol. The Hall–Kier alpha value is -2.09. The Morgan fingerprint density at radius 1 is 1.07 bits per heavy atom. The second-order valence-corrected chi connectivity index (χ2v) is 6.63. The summed E-state index contributed by atoms with van der Waals surface area (Å²) in [5.74, 6) is 6.10. The fraction of sp³-hybridized carbons (Fsp3) is 0.400. The van der Waals surface area contributed by atoms with Crippen molar-refractivity contribution in [2.24, 2.45) is 11.8 Å². The van der Waals surface area contributed by atoms with Crippen LogP contribution in [0.2, 0.25) is 0 Å². The summed E-state index contributed by atoms with van der Waals surface area (Å²) in [6, 6.07) is 15.6. The van der Waals surface area contributed by atoms with Gasteiger partial charge in [0.25, 0.3) is 0 Å². The lowest BCUT2D eigenvalue weighted by molar-refractivity contribution is -0.354. The molecule has 2 aromatic rings. The Kier molecular flexibility index (Phi) is 6.04. The third kappa shape index (κ3) is 4.61. The summed E-state index contributed by atoms with van der Waals surface area (Å²) in [6.45, 7) is 0.612. The monoisotopic (exact) mass is 380 g/mol. The van der Waals surface area contributed by atoms with Gasteiger partial charge in [-0.2, -0.15) is 0 Å². The standard InChI is InChI=1S/C20H23F3N2O2/c1-26-17-12-6-5-10-15(17)19(27-20(21,22)23)16-11-7-13-25(24)18(16)14-8-3-2-4-9-14/h2-6,8-10,12,16,18-19H,7,11,13,24H2,1H3/t16-,18+,19?/m0/s1. The van der Waals surface area contributed by atoms with Gasteiger partial charge in [0.05, 0.1) is 13.2 Å². The summed E-state index contributed by atoms with van der Waals surface area (Å²) < 4.78 is 49.9. The molecule has 3 atom stereocenters. The van der Waals surface area contributed by atoms with Crippen LogP contribution in [0, 0.1) is 5.92 Å². The quantitative estimate of drug-likeness (QED) is 0.770. The molecule has 1 heterocycles. The molecule has 1 aliphatic rings. The Balaban J connectivity index is 2.06. The van der Waals surface area contributed by atoms with E-state index in [1.165, 1.54) is 7.11 Å². The Bertz CT molecular complexity index is 740. The maximum atomic E-state index is 13.3. The summed E-state index contributed by atoms with van der Waals surface area (Å²) in [6.07, 6.45) is -4.75. The lowest BCUT2D eigenvalue weighted by atomic mass is 9.79. The minimum Gasteiger partial charge on any atom is -0.496 e. The van der Waals surface area contributed by atoms with E-state index in [9.17, 15) is 13.2 Å². The van der Waals surface area contributed by atoms with Crippen LogP contribution in [0.4, 0.5) is 13.2 Å². The minimum atomic E-state index is -4.77. The fourth-order valence-corrected chi connectivity index (χ4v) is 3.89. The third-order valence-electron chi connectivity index (χ3n) is 4.95. The third-order valence-corrected chi connectivity index (χ3v) is 4.95. The molecule has 0 spiro atoms. The van der Waals surface area contributed by atoms with Crippen molar-refractivity contribution in [2.45, 2.75) is 31.3 Å². The summed E-state index contributed by atoms with van der Waals surface area (Å²) >= 11 is 0. The number of methoxy groups -OCH3 is 1. The second-order valence-electron chi connectivity index (χ2n) is 6.63. The molecule has 0 radical (unpaired) electrons. The van der Waals surface area contributed by atoms with E-state index >= 15 is 0 Å². The predicted octanol–water partition coefficient (Wildman–Crippen LogP) is 4.60. The van der Waals surface area contributed by atoms with Gasteiger partial charge >= 0.3 is 6.36 Å². The molecule has 1 aliphatic heterocycles. The molecule has 0 aliphatic carbocycles. The van der Waals surface area contributed by atoms with Gasteiger partial charge in [-0.3, -0.25) is 10.6 Å². The van der Waals surface area contributed by atoms with E-state index in [1.54, 1.807) is 29.3 Å². The molecule has 2 N–H and O–H groups in total. The van der Waals surface area contributed by atoms with E-state index in [2.05, 4.69) is 4.74 Å². The van der Waals surface area contributed by atoms with Crippen LogP contribution in [-0.2, 0) is 4.74 Å². The number of halogens is 3. The van der Waals surface area contributed by atoms with E-state index in [0.29, 0.717) is 30.7 Å². The molecule has 1 unspecified atom stereocenters. The zero-order valence-corrected chi connectivity index (χ0v) is 15.0. The van der Waals surface area contributed by atoms with Crippen molar-refractivity contribution >= 4 is 0 Å². The summed E-state index contributed by atoms with van der Waals surface area (Å²) in [4.78, 5) is 0. The van der Waals surface area contributed by atoms with Gasteiger partial charge in [-0.1, -0.05) is 48.5 Å². The van der Waals surface area contributed by atoms with E-state index in [1.807, 2.05) is 30.3 Å². The number of hydrogen-bond acceptors (Lipinski definition) is 4. The van der Waals surface area contributed by atoms with Crippen molar-refractivity contribution in [3.8, 4) is 5.75 Å². The van der Waals surface area contributed by atoms with Crippen LogP contribution in [0.5, 0.6) is 5.75 Å². The van der Waals surface area contributed by atoms with Gasteiger partial charge < -0.3 is 4.74 Å². The molecule has 0 saturated carbocycles. The zero-order chi connectivity index (χ0) is 19.4. The molecule has 2 aromatic carbocycles. The number of benzene rings is 2. The fourth-order valence-electron chi connectivity index (χ4n) is 3.89. The molecule has 146 valence electrons. The van der Waals surface area contributed by atoms with Gasteiger partial charge in [-0.25, -0.2) is 5.01 Å². The Labute approximate surface area is 156 Å². The summed E-state index contributed by atoms with van der Waals surface area (Å²) in [5, 5.41) is 1.62. The highest BCUT2D eigenvalue weighted by atomic mass is 19.4. The van der Waals surface area contributed by atoms with Crippen molar-refractivity contribution in [3.05, 3.63) is 65.7 Å². The first-order chi connectivity index (χ1) is 12.9. The first-order valence-corrected chi connectivity index (χ1v) is 8.84. The molecule has 1 fully saturated rings. The highest BCUT2D eigenvalue weighted by Crippen LogP contribution is 2.47. The number of nitrogens with two attached hydrogens (primary N) is 1. The van der Waals surface area contributed by atoms with Crippen molar-refractivity contribution in [2.75, 3.05) is 13.7 Å². The van der Waals surface area contributed by atoms with Crippen LogP contribution in [0.15, 0.2) is 54.6 Å². The highest BCUT2D eigenvalue weighted by Gasteiger charge is 2.44. The molecule has 1 saturated heterocycles. The van der Waals surface area contributed by atoms with Gasteiger partial charge in [-0.15, -0.1) is 13.2 Å². The molecule has 0 amide bonds. The number of para-hydroxylation sites is 1. The van der Waals surface area contributed by atoms with E-state index in [0.717, 1.165) is 5.56 Å². The summed E-state index contributed by atoms with van der Waals surface area (Å²) in [5.41, 5.74) is 1.24. The molecule has 3 rings (SSSR count). The van der Waals surface area contributed by atoms with Crippen molar-refractivity contribution in [3.63, 3.8) is 0 Å². The van der Waals surface area contributed by atoms with Crippen LogP contribution in [0.1, 0.15) is 36.1 Å². The topological polar surface area (TPSA) is 47.7 Å². The van der Waals surface area contributed by atoms with Gasteiger partial charge in [-0.05, 0) is 24.5 Å². The smallest absolute Gasteiger partial charge is 0.496 e. The van der Waals surface area contributed by atoms with Gasteiger partial charge in [0.15, 0.2) is 0 Å². The average Bonchev–Trinajstić information content (AvgIpc) is 2.66. The molecule has 27 heavy (non-hydrogen) atoms.